The molecule has 0 aliphatic carbocycles. The summed E-state index contributed by atoms with van der Waals surface area (Å²) >= 11 is 0. The number of aliphatic hydroxyl groups excluding tert-OH is 1. The van der Waals surface area contributed by atoms with Gasteiger partial charge in [0.25, 0.3) is 0 Å². The number of ether oxygens (including phenoxy) is 4. The number of unbranched alkanes of at least 4 members (excludes halogenated alkanes) is 42. The van der Waals surface area contributed by atoms with E-state index in [0.29, 0.717) is 25.7 Å². The van der Waals surface area contributed by atoms with Crippen LogP contribution in [0.4, 0.5) is 0 Å². The largest absolute Gasteiger partial charge is 0.472 e. The maximum Gasteiger partial charge on any atom is 0.472 e. The number of phosphoric acid groups is 2. The van der Waals surface area contributed by atoms with Crippen LogP contribution in [-0.4, -0.2) is 96.7 Å². The van der Waals surface area contributed by atoms with E-state index in [4.69, 9.17) is 37.0 Å². The summed E-state index contributed by atoms with van der Waals surface area (Å²) in [5, 5.41) is 10.6. The number of esters is 4. The maximum absolute atomic E-state index is 13.1. The number of aliphatic hydroxyl groups is 1. The monoisotopic (exact) mass is 1370 g/mol. The molecule has 0 rings (SSSR count). The average molecular weight is 1370 g/mol. The van der Waals surface area contributed by atoms with Crippen molar-refractivity contribution in [2.45, 2.75) is 400 Å². The van der Waals surface area contributed by atoms with Crippen LogP contribution >= 0.6 is 15.6 Å². The Balaban J connectivity index is 5.18. The van der Waals surface area contributed by atoms with Crippen LogP contribution in [0.3, 0.4) is 0 Å². The first-order chi connectivity index (χ1) is 44.9. The molecule has 0 aliphatic rings. The van der Waals surface area contributed by atoms with Crippen LogP contribution in [0, 0.1) is 11.8 Å². The zero-order chi connectivity index (χ0) is 68.6. The molecule has 0 saturated carbocycles. The lowest BCUT2D eigenvalue weighted by Crippen LogP contribution is -2.30. The van der Waals surface area contributed by atoms with Crippen molar-refractivity contribution < 1.29 is 80.2 Å². The lowest BCUT2D eigenvalue weighted by Gasteiger charge is -2.21. The molecule has 0 fully saturated rings. The third-order valence-electron chi connectivity index (χ3n) is 17.6. The molecule has 3 unspecified atom stereocenters. The minimum absolute atomic E-state index is 0.103. The molecular formula is C74H144O17P2. The predicted octanol–water partition coefficient (Wildman–Crippen LogP) is 21.6. The van der Waals surface area contributed by atoms with E-state index in [1.165, 1.54) is 199 Å². The van der Waals surface area contributed by atoms with Crippen molar-refractivity contribution in [3.63, 3.8) is 0 Å². The van der Waals surface area contributed by atoms with Crippen molar-refractivity contribution in [2.24, 2.45) is 11.8 Å². The van der Waals surface area contributed by atoms with Gasteiger partial charge in [0.2, 0.25) is 0 Å². The Morgan fingerprint density at radius 3 is 0.817 bits per heavy atom. The SMILES string of the molecule is CCCCCCCCCCCCCCC(=O)OC[C@H](COP(=O)(O)OC[C@@H](O)COP(=O)(O)OC[C@@H](COC(=O)CCCCCCCCCCCC)OC(=O)CCCCCCCCC(C)CC)OC(=O)CCCCCCCCCCCCCCCCCCCCC(C)C. The van der Waals surface area contributed by atoms with E-state index in [1.54, 1.807) is 0 Å². The predicted molar refractivity (Wildman–Crippen MR) is 377 cm³/mol. The summed E-state index contributed by atoms with van der Waals surface area (Å²) in [6.45, 7) is 9.55. The van der Waals surface area contributed by atoms with Crippen LogP contribution in [0.15, 0.2) is 0 Å². The number of phosphoric ester groups is 2. The van der Waals surface area contributed by atoms with Crippen LogP contribution in [0.2, 0.25) is 0 Å². The molecule has 0 radical (unpaired) electrons. The fourth-order valence-corrected chi connectivity index (χ4v) is 12.8. The Morgan fingerprint density at radius 1 is 0.312 bits per heavy atom. The van der Waals surface area contributed by atoms with Gasteiger partial charge in [-0.1, -0.05) is 330 Å². The van der Waals surface area contributed by atoms with E-state index in [9.17, 15) is 43.2 Å². The molecule has 552 valence electrons. The molecule has 19 heteroatoms. The number of carbonyl (C=O) groups is 4. The minimum Gasteiger partial charge on any atom is -0.462 e. The van der Waals surface area contributed by atoms with Crippen molar-refractivity contribution in [3.8, 4) is 0 Å². The molecule has 0 aromatic carbocycles. The fraction of sp³-hybridized carbons (Fsp3) is 0.946. The van der Waals surface area contributed by atoms with E-state index < -0.39 is 97.5 Å². The van der Waals surface area contributed by atoms with Gasteiger partial charge in [0, 0.05) is 25.7 Å². The van der Waals surface area contributed by atoms with Crippen LogP contribution in [0.5, 0.6) is 0 Å². The molecule has 0 saturated heterocycles. The molecule has 0 spiro atoms. The number of hydrogen-bond acceptors (Lipinski definition) is 15. The van der Waals surface area contributed by atoms with Gasteiger partial charge in [-0.25, -0.2) is 9.13 Å². The van der Waals surface area contributed by atoms with Crippen molar-refractivity contribution in [1.29, 1.82) is 0 Å². The van der Waals surface area contributed by atoms with Crippen molar-refractivity contribution >= 4 is 39.5 Å². The van der Waals surface area contributed by atoms with Crippen LogP contribution in [-0.2, 0) is 65.4 Å². The van der Waals surface area contributed by atoms with E-state index in [1.807, 2.05) is 0 Å². The molecule has 0 heterocycles. The van der Waals surface area contributed by atoms with Gasteiger partial charge < -0.3 is 33.8 Å². The normalized spacial score (nSPS) is 14.3. The number of carbonyl (C=O) groups excluding carboxylic acids is 4. The molecule has 0 amide bonds. The topological polar surface area (TPSA) is 237 Å². The van der Waals surface area contributed by atoms with Gasteiger partial charge in [0.05, 0.1) is 26.4 Å². The van der Waals surface area contributed by atoms with Crippen LogP contribution in [0.1, 0.15) is 382 Å². The van der Waals surface area contributed by atoms with E-state index >= 15 is 0 Å². The first-order valence-corrected chi connectivity index (χ1v) is 41.5. The molecule has 0 aromatic rings. The molecule has 0 aromatic heterocycles. The minimum atomic E-state index is -4.95. The summed E-state index contributed by atoms with van der Waals surface area (Å²) in [4.78, 5) is 72.6. The van der Waals surface area contributed by atoms with Gasteiger partial charge in [-0.2, -0.15) is 0 Å². The summed E-state index contributed by atoms with van der Waals surface area (Å²) in [5.41, 5.74) is 0. The Morgan fingerprint density at radius 2 is 0.548 bits per heavy atom. The van der Waals surface area contributed by atoms with Crippen LogP contribution < -0.4 is 0 Å². The van der Waals surface area contributed by atoms with Gasteiger partial charge in [-0.15, -0.1) is 0 Å². The van der Waals surface area contributed by atoms with Crippen LogP contribution in [0.25, 0.3) is 0 Å². The molecule has 17 nitrogen and oxygen atoms in total. The number of hydrogen-bond donors (Lipinski definition) is 3. The second-order valence-electron chi connectivity index (χ2n) is 27.4. The Labute approximate surface area is 568 Å². The number of rotatable bonds is 73. The third kappa shape index (κ3) is 67.0. The summed E-state index contributed by atoms with van der Waals surface area (Å²) in [6, 6.07) is 0. The lowest BCUT2D eigenvalue weighted by molar-refractivity contribution is -0.161. The van der Waals surface area contributed by atoms with E-state index in [2.05, 4.69) is 41.5 Å². The standard InChI is InChI=1S/C74H144O17P2/c1-7-10-12-14-16-18-20-30-34-38-45-51-57-72(77)84-62-69(90-73(78)58-52-46-39-35-31-28-26-24-22-21-23-25-27-29-32-36-42-48-54-66(4)5)64-88-92(80,81)86-60-68(75)61-87-93(82,83)89-65-70(91-74(79)59-53-47-41-40-43-49-55-67(6)9-3)63-85-71(76)56-50-44-37-33-19-17-15-13-11-8-2/h66-70,75H,7-65H2,1-6H3,(H,80,81)(H,82,83)/t67?,68-,69-,70-/m1/s1. The summed E-state index contributed by atoms with van der Waals surface area (Å²) in [6.07, 6.45) is 52.8. The maximum atomic E-state index is 13.1. The van der Waals surface area contributed by atoms with Gasteiger partial charge in [-0.3, -0.25) is 37.3 Å². The summed E-state index contributed by atoms with van der Waals surface area (Å²) < 4.78 is 68.4. The average Bonchev–Trinajstić information content (AvgIpc) is 3.74. The second kappa shape index (κ2) is 66.0. The first-order valence-electron chi connectivity index (χ1n) is 38.5. The van der Waals surface area contributed by atoms with E-state index in [0.717, 1.165) is 102 Å². The smallest absolute Gasteiger partial charge is 0.462 e. The highest BCUT2D eigenvalue weighted by Gasteiger charge is 2.30. The first kappa shape index (κ1) is 91.1. The summed E-state index contributed by atoms with van der Waals surface area (Å²) in [7, 11) is -9.90. The van der Waals surface area contributed by atoms with Gasteiger partial charge in [0.1, 0.15) is 19.3 Å². The molecular weight excluding hydrogens is 1220 g/mol. The zero-order valence-electron chi connectivity index (χ0n) is 60.6. The van der Waals surface area contributed by atoms with Crippen molar-refractivity contribution in [3.05, 3.63) is 0 Å². The quantitative estimate of drug-likeness (QED) is 0.0222. The van der Waals surface area contributed by atoms with E-state index in [-0.39, 0.29) is 25.7 Å². The molecule has 3 N–H and O–H groups in total. The second-order valence-corrected chi connectivity index (χ2v) is 30.3. The summed E-state index contributed by atoms with van der Waals surface area (Å²) in [5.74, 6) is -0.581. The van der Waals surface area contributed by atoms with Crippen molar-refractivity contribution in [1.82, 2.24) is 0 Å². The third-order valence-corrected chi connectivity index (χ3v) is 19.5. The van der Waals surface area contributed by atoms with Gasteiger partial charge in [-0.05, 0) is 37.5 Å². The fourth-order valence-electron chi connectivity index (χ4n) is 11.3. The molecule has 6 atom stereocenters. The highest BCUT2D eigenvalue weighted by atomic mass is 31.2. The Kier molecular flexibility index (Phi) is 64.6. The molecule has 0 bridgehead atoms. The molecule has 0 aliphatic heterocycles. The Hall–Kier alpha value is -1.94. The van der Waals surface area contributed by atoms with Gasteiger partial charge in [0.15, 0.2) is 12.2 Å². The molecule has 93 heavy (non-hydrogen) atoms. The lowest BCUT2D eigenvalue weighted by atomic mass is 10.00. The van der Waals surface area contributed by atoms with Gasteiger partial charge >= 0.3 is 39.5 Å². The highest BCUT2D eigenvalue weighted by Crippen LogP contribution is 2.45. The zero-order valence-corrected chi connectivity index (χ0v) is 62.3. The Bertz CT molecular complexity index is 1810. The van der Waals surface area contributed by atoms with Crippen molar-refractivity contribution in [2.75, 3.05) is 39.6 Å². The highest BCUT2D eigenvalue weighted by molar-refractivity contribution is 7.47.